The summed E-state index contributed by atoms with van der Waals surface area (Å²) in [7, 11) is 0. The Morgan fingerprint density at radius 2 is 1.96 bits per heavy atom. The van der Waals surface area contributed by atoms with Gasteiger partial charge in [0.25, 0.3) is 0 Å². The zero-order valence-electron chi connectivity index (χ0n) is 15.8. The Morgan fingerprint density at radius 1 is 1.20 bits per heavy atom. The topological polar surface area (TPSA) is 44.8 Å². The third-order valence-corrected chi connectivity index (χ3v) is 4.21. The maximum absolute atomic E-state index is 12.1. The Labute approximate surface area is 151 Å². The van der Waals surface area contributed by atoms with E-state index >= 15 is 0 Å². The Hall–Kier alpha value is -1.97. The average molecular weight is 346 g/mol. The summed E-state index contributed by atoms with van der Waals surface area (Å²) in [6.45, 7) is 8.65. The van der Waals surface area contributed by atoms with Gasteiger partial charge in [-0.25, -0.2) is 0 Å². The molecule has 0 radical (unpaired) electrons. The summed E-state index contributed by atoms with van der Waals surface area (Å²) in [5.74, 6) is 1.40. The Balaban J connectivity index is 1.96. The van der Waals surface area contributed by atoms with Gasteiger partial charge in [0.15, 0.2) is 11.5 Å². The van der Waals surface area contributed by atoms with Crippen molar-refractivity contribution >= 4 is 12.0 Å². The van der Waals surface area contributed by atoms with E-state index in [9.17, 15) is 4.79 Å². The number of rotatable bonds is 8. The third kappa shape index (κ3) is 6.11. The zero-order valence-corrected chi connectivity index (χ0v) is 15.8. The number of unbranched alkanes of at least 4 members (excludes halogenated alkanes) is 3. The zero-order chi connectivity index (χ0) is 18.3. The number of fused-ring (bicyclic) bond motifs is 1. The minimum atomic E-state index is -0.267. The number of hydrogen-bond acceptors (Lipinski definition) is 4. The molecule has 1 unspecified atom stereocenters. The van der Waals surface area contributed by atoms with Crippen LogP contribution < -0.4 is 9.47 Å². The van der Waals surface area contributed by atoms with E-state index in [1.807, 2.05) is 30.4 Å². The molecule has 0 aromatic heterocycles. The number of carbonyl (C=O) groups is 1. The Bertz CT molecular complexity index is 598. The van der Waals surface area contributed by atoms with Gasteiger partial charge in [0, 0.05) is 11.8 Å². The molecule has 1 aromatic rings. The van der Waals surface area contributed by atoms with E-state index in [0.29, 0.717) is 6.42 Å². The molecule has 0 spiro atoms. The lowest BCUT2D eigenvalue weighted by Crippen LogP contribution is -2.29. The van der Waals surface area contributed by atoms with Crippen molar-refractivity contribution in [2.75, 3.05) is 6.79 Å². The average Bonchev–Trinajstić information content (AvgIpc) is 3.02. The molecule has 1 aliphatic heterocycles. The largest absolute Gasteiger partial charge is 0.458 e. The van der Waals surface area contributed by atoms with Crippen LogP contribution in [0, 0.1) is 5.41 Å². The van der Waals surface area contributed by atoms with Crippen LogP contribution >= 0.6 is 0 Å². The molecule has 1 aromatic carbocycles. The van der Waals surface area contributed by atoms with E-state index < -0.39 is 0 Å². The van der Waals surface area contributed by atoms with Gasteiger partial charge in [-0.1, -0.05) is 59.1 Å². The van der Waals surface area contributed by atoms with Gasteiger partial charge in [-0.05, 0) is 30.2 Å². The second-order valence-corrected chi connectivity index (χ2v) is 7.56. The standard InChI is InChI=1S/C21H30O4/c1-5-6-7-8-9-20(22)25-19(21(2,3)4)13-11-16-10-12-17-18(14-16)24-15-23-17/h10-14,19H,5-9,15H2,1-4H3/b13-11+. The highest BCUT2D eigenvalue weighted by molar-refractivity contribution is 5.70. The van der Waals surface area contributed by atoms with Crippen molar-refractivity contribution in [2.45, 2.75) is 65.9 Å². The highest BCUT2D eigenvalue weighted by atomic mass is 16.7. The van der Waals surface area contributed by atoms with Crippen LogP contribution in [0.3, 0.4) is 0 Å². The van der Waals surface area contributed by atoms with Gasteiger partial charge < -0.3 is 14.2 Å². The van der Waals surface area contributed by atoms with Crippen LogP contribution in [-0.4, -0.2) is 18.9 Å². The first kappa shape index (κ1) is 19.4. The van der Waals surface area contributed by atoms with Gasteiger partial charge in [-0.2, -0.15) is 0 Å². The van der Waals surface area contributed by atoms with Gasteiger partial charge >= 0.3 is 5.97 Å². The van der Waals surface area contributed by atoms with E-state index in [0.717, 1.165) is 36.3 Å². The second-order valence-electron chi connectivity index (χ2n) is 7.56. The molecule has 1 atom stereocenters. The van der Waals surface area contributed by atoms with Gasteiger partial charge in [0.2, 0.25) is 6.79 Å². The number of hydrogen-bond donors (Lipinski definition) is 0. The van der Waals surface area contributed by atoms with Crippen LogP contribution in [-0.2, 0) is 9.53 Å². The van der Waals surface area contributed by atoms with Crippen molar-refractivity contribution in [3.8, 4) is 11.5 Å². The highest BCUT2D eigenvalue weighted by Crippen LogP contribution is 2.33. The van der Waals surface area contributed by atoms with Crippen LogP contribution in [0.4, 0.5) is 0 Å². The summed E-state index contributed by atoms with van der Waals surface area (Å²) in [4.78, 5) is 12.1. The first-order valence-corrected chi connectivity index (χ1v) is 9.17. The second kappa shape index (κ2) is 8.93. The molecule has 0 amide bonds. The van der Waals surface area contributed by atoms with Crippen molar-refractivity contribution in [2.24, 2.45) is 5.41 Å². The van der Waals surface area contributed by atoms with E-state index in [-0.39, 0.29) is 24.3 Å². The molecular formula is C21H30O4. The predicted molar refractivity (Wildman–Crippen MR) is 99.7 cm³/mol. The van der Waals surface area contributed by atoms with E-state index in [2.05, 4.69) is 27.7 Å². The molecule has 0 bridgehead atoms. The van der Waals surface area contributed by atoms with Gasteiger partial charge in [-0.3, -0.25) is 4.79 Å². The maximum atomic E-state index is 12.1. The smallest absolute Gasteiger partial charge is 0.306 e. The SMILES string of the molecule is CCCCCCC(=O)OC(/C=C/c1ccc2c(c1)OCO2)C(C)(C)C. The first-order chi connectivity index (χ1) is 11.9. The van der Waals surface area contributed by atoms with E-state index in [1.165, 1.54) is 6.42 Å². The number of ether oxygens (including phenoxy) is 3. The van der Waals surface area contributed by atoms with Crippen molar-refractivity contribution in [1.82, 2.24) is 0 Å². The Morgan fingerprint density at radius 3 is 2.68 bits per heavy atom. The summed E-state index contributed by atoms with van der Waals surface area (Å²) in [5.41, 5.74) is 0.837. The minimum absolute atomic E-state index is 0.119. The van der Waals surface area contributed by atoms with Crippen molar-refractivity contribution < 1.29 is 19.0 Å². The molecule has 4 nitrogen and oxygen atoms in total. The third-order valence-electron chi connectivity index (χ3n) is 4.21. The normalized spacial score (nSPS) is 14.7. The lowest BCUT2D eigenvalue weighted by molar-refractivity contribution is -0.151. The lowest BCUT2D eigenvalue weighted by Gasteiger charge is -2.28. The number of esters is 1. The molecular weight excluding hydrogens is 316 g/mol. The summed E-state index contributed by atoms with van der Waals surface area (Å²) in [6, 6.07) is 5.80. The van der Waals surface area contributed by atoms with Crippen molar-refractivity contribution in [1.29, 1.82) is 0 Å². The fourth-order valence-corrected chi connectivity index (χ4v) is 2.62. The minimum Gasteiger partial charge on any atom is -0.458 e. The van der Waals surface area contributed by atoms with Crippen LogP contribution in [0.1, 0.15) is 65.4 Å². The number of benzene rings is 1. The van der Waals surface area contributed by atoms with Crippen LogP contribution in [0.15, 0.2) is 24.3 Å². The lowest BCUT2D eigenvalue weighted by atomic mass is 9.88. The molecule has 0 aliphatic carbocycles. The predicted octanol–water partition coefficient (Wildman–Crippen LogP) is 5.36. The molecule has 0 N–H and O–H groups in total. The molecule has 1 heterocycles. The van der Waals surface area contributed by atoms with Crippen LogP contribution in [0.5, 0.6) is 11.5 Å². The summed E-state index contributed by atoms with van der Waals surface area (Å²) >= 11 is 0. The first-order valence-electron chi connectivity index (χ1n) is 9.17. The summed E-state index contributed by atoms with van der Waals surface area (Å²) in [6.07, 6.45) is 8.47. The quantitative estimate of drug-likeness (QED) is 0.470. The number of carbonyl (C=O) groups excluding carboxylic acids is 1. The maximum Gasteiger partial charge on any atom is 0.306 e. The monoisotopic (exact) mass is 346 g/mol. The molecule has 138 valence electrons. The molecule has 25 heavy (non-hydrogen) atoms. The van der Waals surface area contributed by atoms with Crippen molar-refractivity contribution in [3.05, 3.63) is 29.8 Å². The molecule has 4 heteroatoms. The fourth-order valence-electron chi connectivity index (χ4n) is 2.62. The van der Waals surface area contributed by atoms with E-state index in [1.54, 1.807) is 0 Å². The molecule has 0 saturated carbocycles. The van der Waals surface area contributed by atoms with Gasteiger partial charge in [0.05, 0.1) is 0 Å². The van der Waals surface area contributed by atoms with Crippen LogP contribution in [0.25, 0.3) is 6.08 Å². The van der Waals surface area contributed by atoms with Crippen molar-refractivity contribution in [3.63, 3.8) is 0 Å². The molecule has 1 aliphatic rings. The highest BCUT2D eigenvalue weighted by Gasteiger charge is 2.26. The summed E-state index contributed by atoms with van der Waals surface area (Å²) < 4.78 is 16.5. The molecule has 0 saturated heterocycles. The van der Waals surface area contributed by atoms with Crippen LogP contribution in [0.2, 0.25) is 0 Å². The molecule has 2 rings (SSSR count). The molecule has 0 fully saturated rings. The van der Waals surface area contributed by atoms with Gasteiger partial charge in [0.1, 0.15) is 6.10 Å². The summed E-state index contributed by atoms with van der Waals surface area (Å²) in [5, 5.41) is 0. The van der Waals surface area contributed by atoms with Gasteiger partial charge in [-0.15, -0.1) is 0 Å². The Kier molecular flexibility index (Phi) is 6.91. The van der Waals surface area contributed by atoms with E-state index in [4.69, 9.17) is 14.2 Å². The fraction of sp³-hybridized carbons (Fsp3) is 0.571.